The van der Waals surface area contributed by atoms with Crippen LogP contribution in [0.2, 0.25) is 0 Å². The lowest BCUT2D eigenvalue weighted by molar-refractivity contribution is -0.131. The Bertz CT molecular complexity index is 864. The molecule has 4 rings (SSSR count). The molecule has 2 saturated heterocycles. The topological polar surface area (TPSA) is 71.5 Å². The van der Waals surface area contributed by atoms with Crippen molar-refractivity contribution in [3.63, 3.8) is 0 Å². The third-order valence-electron chi connectivity index (χ3n) is 6.05. The molecule has 2 aromatic rings. The van der Waals surface area contributed by atoms with Crippen LogP contribution in [0.25, 0.3) is 10.9 Å². The van der Waals surface area contributed by atoms with Gasteiger partial charge in [0, 0.05) is 43.4 Å². The van der Waals surface area contributed by atoms with E-state index in [2.05, 4.69) is 22.4 Å². The largest absolute Gasteiger partial charge is 0.379 e. The lowest BCUT2D eigenvalue weighted by Crippen LogP contribution is -2.42. The van der Waals surface area contributed by atoms with E-state index in [0.29, 0.717) is 32.6 Å². The van der Waals surface area contributed by atoms with Crippen LogP contribution in [0.1, 0.15) is 37.7 Å². The summed E-state index contributed by atoms with van der Waals surface area (Å²) in [6.07, 6.45) is 6.75. The number of hydrogen-bond acceptors (Lipinski definition) is 4. The molecule has 2 aliphatic heterocycles. The molecule has 29 heavy (non-hydrogen) atoms. The van der Waals surface area contributed by atoms with Gasteiger partial charge in [-0.25, -0.2) is 0 Å². The first-order valence-electron chi connectivity index (χ1n) is 10.7. The average molecular weight is 396 g/mol. The highest BCUT2D eigenvalue weighted by molar-refractivity contribution is 5.82. The maximum atomic E-state index is 12.5. The molecule has 0 radical (unpaired) electrons. The normalized spacial score (nSPS) is 22.6. The third kappa shape index (κ3) is 4.93. The van der Waals surface area contributed by atoms with Gasteiger partial charge in [0.2, 0.25) is 11.8 Å². The molecule has 0 saturated carbocycles. The zero-order valence-corrected chi connectivity index (χ0v) is 16.8. The number of carbonyl (C=O) groups excluding carboxylic acids is 2. The van der Waals surface area contributed by atoms with Crippen molar-refractivity contribution < 1.29 is 14.3 Å². The fraction of sp³-hybridized carbons (Fsp3) is 0.522. The van der Waals surface area contributed by atoms with Gasteiger partial charge in [-0.05, 0) is 37.0 Å². The quantitative estimate of drug-likeness (QED) is 0.816. The van der Waals surface area contributed by atoms with E-state index in [1.807, 2.05) is 29.3 Å². The number of pyridine rings is 1. The molecule has 2 aliphatic rings. The highest BCUT2D eigenvalue weighted by atomic mass is 16.5. The Kier molecular flexibility index (Phi) is 6.39. The van der Waals surface area contributed by atoms with E-state index in [4.69, 9.17) is 4.74 Å². The molecule has 6 heteroatoms. The maximum Gasteiger partial charge on any atom is 0.222 e. The molecular formula is C23H29N3O3. The molecule has 6 nitrogen and oxygen atoms in total. The Morgan fingerprint density at radius 2 is 2.07 bits per heavy atom. The summed E-state index contributed by atoms with van der Waals surface area (Å²) in [5.41, 5.74) is 2.23. The van der Waals surface area contributed by atoms with E-state index >= 15 is 0 Å². The first kappa shape index (κ1) is 19.8. The Morgan fingerprint density at radius 1 is 1.17 bits per heavy atom. The number of hydrogen-bond donors (Lipinski definition) is 1. The monoisotopic (exact) mass is 395 g/mol. The van der Waals surface area contributed by atoms with Crippen molar-refractivity contribution in [2.45, 2.75) is 44.6 Å². The predicted molar refractivity (Wildman–Crippen MR) is 111 cm³/mol. The Hall–Kier alpha value is -2.47. The van der Waals surface area contributed by atoms with Gasteiger partial charge in [0.25, 0.3) is 0 Å². The molecule has 1 N–H and O–H groups in total. The summed E-state index contributed by atoms with van der Waals surface area (Å²) in [5.74, 6) is 0.425. The van der Waals surface area contributed by atoms with Crippen LogP contribution in [0.4, 0.5) is 0 Å². The molecule has 0 bridgehead atoms. The summed E-state index contributed by atoms with van der Waals surface area (Å²) in [6, 6.07) is 10.2. The van der Waals surface area contributed by atoms with Gasteiger partial charge in [0.05, 0.1) is 24.8 Å². The number of nitrogens with zero attached hydrogens (tertiary/aromatic N) is 2. The molecule has 0 spiro atoms. The van der Waals surface area contributed by atoms with Crippen molar-refractivity contribution in [2.75, 3.05) is 26.3 Å². The fourth-order valence-electron chi connectivity index (χ4n) is 4.37. The lowest BCUT2D eigenvalue weighted by atomic mass is 9.93. The van der Waals surface area contributed by atoms with E-state index in [9.17, 15) is 9.59 Å². The number of rotatable bonds is 6. The second kappa shape index (κ2) is 9.35. The van der Waals surface area contributed by atoms with Gasteiger partial charge >= 0.3 is 0 Å². The summed E-state index contributed by atoms with van der Waals surface area (Å²) in [7, 11) is 0. The van der Waals surface area contributed by atoms with Crippen molar-refractivity contribution >= 4 is 22.7 Å². The molecule has 154 valence electrons. The smallest absolute Gasteiger partial charge is 0.222 e. The Labute approximate surface area is 171 Å². The van der Waals surface area contributed by atoms with Crippen LogP contribution in [-0.2, 0) is 20.7 Å². The highest BCUT2D eigenvalue weighted by Crippen LogP contribution is 2.24. The predicted octanol–water partition coefficient (Wildman–Crippen LogP) is 2.70. The van der Waals surface area contributed by atoms with E-state index in [1.165, 1.54) is 5.56 Å². The van der Waals surface area contributed by atoms with Crippen molar-refractivity contribution in [1.29, 1.82) is 0 Å². The van der Waals surface area contributed by atoms with Crippen LogP contribution in [0, 0.1) is 5.92 Å². The van der Waals surface area contributed by atoms with E-state index in [-0.39, 0.29) is 23.8 Å². The van der Waals surface area contributed by atoms with Crippen molar-refractivity contribution in [2.24, 2.45) is 5.92 Å². The van der Waals surface area contributed by atoms with E-state index < -0.39 is 0 Å². The minimum atomic E-state index is 0.00198. The summed E-state index contributed by atoms with van der Waals surface area (Å²) < 4.78 is 5.69. The minimum absolute atomic E-state index is 0.00198. The second-order valence-electron chi connectivity index (χ2n) is 8.10. The van der Waals surface area contributed by atoms with Gasteiger partial charge in [-0.2, -0.15) is 0 Å². The number of benzene rings is 1. The molecule has 2 amide bonds. The van der Waals surface area contributed by atoms with Gasteiger partial charge in [-0.15, -0.1) is 0 Å². The van der Waals surface area contributed by atoms with E-state index in [1.54, 1.807) is 0 Å². The molecule has 3 heterocycles. The maximum absolute atomic E-state index is 12.5. The molecule has 1 aromatic carbocycles. The van der Waals surface area contributed by atoms with Crippen LogP contribution in [-0.4, -0.2) is 54.0 Å². The number of carbonyl (C=O) groups is 2. The van der Waals surface area contributed by atoms with E-state index in [0.717, 1.165) is 43.1 Å². The zero-order valence-electron chi connectivity index (χ0n) is 16.8. The van der Waals surface area contributed by atoms with Crippen molar-refractivity contribution in [3.05, 3.63) is 42.1 Å². The van der Waals surface area contributed by atoms with Gasteiger partial charge in [-0.1, -0.05) is 24.6 Å². The van der Waals surface area contributed by atoms with Crippen LogP contribution >= 0.6 is 0 Å². The van der Waals surface area contributed by atoms with Crippen molar-refractivity contribution in [3.8, 4) is 0 Å². The molecule has 1 aromatic heterocycles. The summed E-state index contributed by atoms with van der Waals surface area (Å²) in [4.78, 5) is 30.9. The summed E-state index contributed by atoms with van der Waals surface area (Å²) in [5, 5.41) is 4.31. The third-order valence-corrected chi connectivity index (χ3v) is 6.05. The van der Waals surface area contributed by atoms with Crippen molar-refractivity contribution in [1.82, 2.24) is 15.2 Å². The fourth-order valence-corrected chi connectivity index (χ4v) is 4.37. The number of nitrogens with one attached hydrogen (secondary N) is 1. The van der Waals surface area contributed by atoms with Gasteiger partial charge in [0.1, 0.15) is 0 Å². The number of ether oxygens (including phenoxy) is 1. The average Bonchev–Trinajstić information content (AvgIpc) is 3.05. The SMILES string of the molecule is O=C(CCN1CCCCCC1=O)N[C@H]1COC[C@H]1Cc1ccnc2ccccc12. The van der Waals surface area contributed by atoms with Gasteiger partial charge < -0.3 is 15.0 Å². The lowest BCUT2D eigenvalue weighted by Gasteiger charge is -2.22. The Balaban J connectivity index is 1.33. The minimum Gasteiger partial charge on any atom is -0.379 e. The van der Waals surface area contributed by atoms with Gasteiger partial charge in [0.15, 0.2) is 0 Å². The summed E-state index contributed by atoms with van der Waals surface area (Å²) >= 11 is 0. The number of likely N-dealkylation sites (tertiary alicyclic amines) is 1. The molecule has 0 unspecified atom stereocenters. The molecule has 2 fully saturated rings. The standard InChI is InChI=1S/C23H29N3O3/c27-22(10-13-26-12-5-1-2-8-23(26)28)25-21-16-29-15-18(21)14-17-9-11-24-20-7-4-3-6-19(17)20/h3-4,6-7,9,11,18,21H,1-2,5,8,10,12-16H2,(H,25,27)/t18-,21+/m1/s1. The van der Waals surface area contributed by atoms with Crippen LogP contribution in [0.5, 0.6) is 0 Å². The summed E-state index contributed by atoms with van der Waals surface area (Å²) in [6.45, 7) is 2.47. The molecular weight excluding hydrogens is 366 g/mol. The Morgan fingerprint density at radius 3 is 3.00 bits per heavy atom. The second-order valence-corrected chi connectivity index (χ2v) is 8.10. The zero-order chi connectivity index (χ0) is 20.1. The van der Waals surface area contributed by atoms with Crippen LogP contribution in [0.15, 0.2) is 36.5 Å². The molecule has 2 atom stereocenters. The van der Waals surface area contributed by atoms with Crippen LogP contribution < -0.4 is 5.32 Å². The van der Waals surface area contributed by atoms with Crippen LogP contribution in [0.3, 0.4) is 0 Å². The highest BCUT2D eigenvalue weighted by Gasteiger charge is 2.30. The first-order valence-corrected chi connectivity index (χ1v) is 10.7. The number of para-hydroxylation sites is 1. The molecule has 0 aliphatic carbocycles. The first-order chi connectivity index (χ1) is 14.2. The number of fused-ring (bicyclic) bond motifs is 1. The number of aromatic nitrogens is 1. The number of amides is 2. The van der Waals surface area contributed by atoms with Gasteiger partial charge in [-0.3, -0.25) is 14.6 Å².